The van der Waals surface area contributed by atoms with Gasteiger partial charge in [-0.3, -0.25) is 10.1 Å². The van der Waals surface area contributed by atoms with Crippen LogP contribution in [0.25, 0.3) is 0 Å². The number of rotatable bonds is 6. The van der Waals surface area contributed by atoms with Gasteiger partial charge in [-0.2, -0.15) is 10.2 Å². The molecular weight excluding hydrogens is 338 g/mol. The van der Waals surface area contributed by atoms with Crippen molar-refractivity contribution in [2.75, 3.05) is 18.5 Å². The predicted molar refractivity (Wildman–Crippen MR) is 91.7 cm³/mol. The average molecular weight is 355 g/mol. The number of hydrogen-bond acceptors (Lipinski definition) is 7. The van der Waals surface area contributed by atoms with Crippen LogP contribution >= 0.6 is 0 Å². The molecule has 1 aromatic heterocycles. The molecule has 0 radical (unpaired) electrons. The number of nitrogens with zero attached hydrogens (tertiary/aromatic N) is 3. The van der Waals surface area contributed by atoms with Crippen LogP contribution in [-0.4, -0.2) is 35.1 Å². The van der Waals surface area contributed by atoms with Gasteiger partial charge in [0, 0.05) is 11.8 Å². The molecule has 0 aliphatic carbocycles. The standard InChI is InChI=1S/C17H17N5O4/c1-3-25-15(23)10-19-17(24)22-16-20-11(2)8-14(21-16)26-13-6-4-12(9-18)5-7-13/h4-8H,3,10H2,1-2H3,(H2,19,20,21,22,24). The smallest absolute Gasteiger partial charge is 0.325 e. The number of nitriles is 1. The minimum atomic E-state index is -0.645. The van der Waals surface area contributed by atoms with E-state index in [-0.39, 0.29) is 25.0 Å². The Bertz CT molecular complexity index is 830. The number of urea groups is 1. The summed E-state index contributed by atoms with van der Waals surface area (Å²) >= 11 is 0. The van der Waals surface area contributed by atoms with E-state index in [1.54, 1.807) is 44.2 Å². The quantitative estimate of drug-likeness (QED) is 0.760. The Morgan fingerprint density at radius 2 is 1.96 bits per heavy atom. The Morgan fingerprint density at radius 3 is 2.62 bits per heavy atom. The van der Waals surface area contributed by atoms with Crippen molar-refractivity contribution in [1.29, 1.82) is 5.26 Å². The minimum Gasteiger partial charge on any atom is -0.465 e. The van der Waals surface area contributed by atoms with Crippen molar-refractivity contribution in [2.45, 2.75) is 13.8 Å². The van der Waals surface area contributed by atoms with Gasteiger partial charge in [-0.15, -0.1) is 0 Å². The molecule has 134 valence electrons. The van der Waals surface area contributed by atoms with Crippen LogP contribution < -0.4 is 15.4 Å². The summed E-state index contributed by atoms with van der Waals surface area (Å²) in [5, 5.41) is 13.6. The van der Waals surface area contributed by atoms with Gasteiger partial charge in [-0.1, -0.05) is 0 Å². The van der Waals surface area contributed by atoms with Crippen molar-refractivity contribution in [3.8, 4) is 17.7 Å². The van der Waals surface area contributed by atoms with Gasteiger partial charge in [-0.25, -0.2) is 9.78 Å². The summed E-state index contributed by atoms with van der Waals surface area (Å²) in [4.78, 5) is 31.2. The number of hydrogen-bond donors (Lipinski definition) is 2. The lowest BCUT2D eigenvalue weighted by Gasteiger charge is -2.09. The number of benzene rings is 1. The SMILES string of the molecule is CCOC(=O)CNC(=O)Nc1nc(C)cc(Oc2ccc(C#N)cc2)n1. The lowest BCUT2D eigenvalue weighted by atomic mass is 10.2. The van der Waals surface area contributed by atoms with Gasteiger partial charge in [0.05, 0.1) is 18.2 Å². The van der Waals surface area contributed by atoms with Crippen LogP contribution in [0.3, 0.4) is 0 Å². The zero-order valence-electron chi connectivity index (χ0n) is 14.3. The first-order chi connectivity index (χ1) is 12.5. The first-order valence-corrected chi connectivity index (χ1v) is 7.74. The number of carbonyl (C=O) groups is 2. The van der Waals surface area contributed by atoms with Crippen molar-refractivity contribution in [2.24, 2.45) is 0 Å². The Kier molecular flexibility index (Phi) is 6.45. The van der Waals surface area contributed by atoms with Crippen LogP contribution in [0, 0.1) is 18.3 Å². The number of aromatic nitrogens is 2. The third-order valence-corrected chi connectivity index (χ3v) is 2.96. The van der Waals surface area contributed by atoms with Crippen LogP contribution in [0.2, 0.25) is 0 Å². The molecular formula is C17H17N5O4. The van der Waals surface area contributed by atoms with Gasteiger partial charge in [0.15, 0.2) is 0 Å². The van der Waals surface area contributed by atoms with Gasteiger partial charge < -0.3 is 14.8 Å². The summed E-state index contributed by atoms with van der Waals surface area (Å²) < 4.78 is 10.3. The zero-order valence-corrected chi connectivity index (χ0v) is 14.3. The van der Waals surface area contributed by atoms with Crippen molar-refractivity contribution < 1.29 is 19.1 Å². The summed E-state index contributed by atoms with van der Waals surface area (Å²) in [6.07, 6.45) is 0. The second-order valence-corrected chi connectivity index (χ2v) is 5.02. The molecule has 0 bridgehead atoms. The number of esters is 1. The van der Waals surface area contributed by atoms with E-state index in [0.29, 0.717) is 17.0 Å². The van der Waals surface area contributed by atoms with E-state index in [9.17, 15) is 9.59 Å². The van der Waals surface area contributed by atoms with Crippen LogP contribution in [0.1, 0.15) is 18.2 Å². The van der Waals surface area contributed by atoms with Crippen LogP contribution in [0.15, 0.2) is 30.3 Å². The fraction of sp³-hybridized carbons (Fsp3) is 0.235. The summed E-state index contributed by atoms with van der Waals surface area (Å²) in [7, 11) is 0. The lowest BCUT2D eigenvalue weighted by Crippen LogP contribution is -2.34. The summed E-state index contributed by atoms with van der Waals surface area (Å²) in [6.45, 7) is 3.36. The van der Waals surface area contributed by atoms with Gasteiger partial charge in [-0.05, 0) is 38.1 Å². The summed E-state index contributed by atoms with van der Waals surface area (Å²) in [5.41, 5.74) is 1.08. The van der Waals surface area contributed by atoms with Crippen LogP contribution in [0.5, 0.6) is 11.6 Å². The van der Waals surface area contributed by atoms with Gasteiger partial charge in [0.1, 0.15) is 12.3 Å². The molecule has 0 unspecified atom stereocenters. The maximum absolute atomic E-state index is 11.8. The first-order valence-electron chi connectivity index (χ1n) is 7.74. The number of nitrogens with one attached hydrogen (secondary N) is 2. The molecule has 2 aromatic rings. The van der Waals surface area contributed by atoms with Gasteiger partial charge >= 0.3 is 12.0 Å². The molecule has 2 amide bonds. The molecule has 0 spiro atoms. The van der Waals surface area contributed by atoms with E-state index in [0.717, 1.165) is 0 Å². The van der Waals surface area contributed by atoms with E-state index in [1.807, 2.05) is 6.07 Å². The molecule has 2 N–H and O–H groups in total. The van der Waals surface area contributed by atoms with Crippen molar-refractivity contribution in [1.82, 2.24) is 15.3 Å². The largest absolute Gasteiger partial charge is 0.465 e. The second-order valence-electron chi connectivity index (χ2n) is 5.02. The molecule has 9 heteroatoms. The molecule has 0 atom stereocenters. The van der Waals surface area contributed by atoms with E-state index < -0.39 is 12.0 Å². The summed E-state index contributed by atoms with van der Waals surface area (Å²) in [6, 6.07) is 9.47. The van der Waals surface area contributed by atoms with Crippen LogP contribution in [-0.2, 0) is 9.53 Å². The molecule has 26 heavy (non-hydrogen) atoms. The number of carbonyl (C=O) groups excluding carboxylic acids is 2. The fourth-order valence-electron chi connectivity index (χ4n) is 1.88. The van der Waals surface area contributed by atoms with Crippen molar-refractivity contribution in [3.05, 3.63) is 41.6 Å². The summed E-state index contributed by atoms with van der Waals surface area (Å²) in [5.74, 6) is 0.190. The Labute approximate surface area is 150 Å². The van der Waals surface area contributed by atoms with Gasteiger partial charge in [0.2, 0.25) is 11.8 Å². The third kappa shape index (κ3) is 5.76. The average Bonchev–Trinajstić information content (AvgIpc) is 2.60. The Hall–Kier alpha value is -3.67. The highest BCUT2D eigenvalue weighted by Gasteiger charge is 2.10. The maximum atomic E-state index is 11.8. The van der Waals surface area contributed by atoms with Crippen LogP contribution in [0.4, 0.5) is 10.7 Å². The first kappa shape index (κ1) is 18.7. The fourth-order valence-corrected chi connectivity index (χ4v) is 1.88. The zero-order chi connectivity index (χ0) is 18.9. The normalized spacial score (nSPS) is 9.73. The number of ether oxygens (including phenoxy) is 2. The number of anilines is 1. The highest BCUT2D eigenvalue weighted by Crippen LogP contribution is 2.21. The van der Waals surface area contributed by atoms with E-state index in [2.05, 4.69) is 20.6 Å². The predicted octanol–water partition coefficient (Wildman–Crippen LogP) is 2.13. The molecule has 2 rings (SSSR count). The highest BCUT2D eigenvalue weighted by atomic mass is 16.5. The van der Waals surface area contributed by atoms with E-state index >= 15 is 0 Å². The highest BCUT2D eigenvalue weighted by molar-refractivity contribution is 5.89. The molecule has 1 aromatic carbocycles. The molecule has 0 saturated heterocycles. The van der Waals surface area contributed by atoms with E-state index in [1.165, 1.54) is 0 Å². The topological polar surface area (TPSA) is 126 Å². The molecule has 1 heterocycles. The Morgan fingerprint density at radius 1 is 1.23 bits per heavy atom. The van der Waals surface area contributed by atoms with Crippen molar-refractivity contribution >= 4 is 17.9 Å². The van der Waals surface area contributed by atoms with Gasteiger partial charge in [0.25, 0.3) is 0 Å². The lowest BCUT2D eigenvalue weighted by molar-refractivity contribution is -0.141. The molecule has 9 nitrogen and oxygen atoms in total. The monoisotopic (exact) mass is 355 g/mol. The second kappa shape index (κ2) is 8.98. The van der Waals surface area contributed by atoms with Crippen molar-refractivity contribution in [3.63, 3.8) is 0 Å². The number of aryl methyl sites for hydroxylation is 1. The Balaban J connectivity index is 2.00. The number of amides is 2. The molecule has 0 fully saturated rings. The molecule has 0 saturated carbocycles. The molecule has 0 aliphatic heterocycles. The third-order valence-electron chi connectivity index (χ3n) is 2.96. The minimum absolute atomic E-state index is 0.0232. The van der Waals surface area contributed by atoms with E-state index in [4.69, 9.17) is 14.7 Å². The maximum Gasteiger partial charge on any atom is 0.325 e. The molecule has 0 aliphatic rings.